The van der Waals surface area contributed by atoms with Gasteiger partial charge < -0.3 is 19.5 Å². The topological polar surface area (TPSA) is 76.1 Å². The molecule has 1 aromatic rings. The molecule has 21 heavy (non-hydrogen) atoms. The molecule has 0 aromatic heterocycles. The van der Waals surface area contributed by atoms with Gasteiger partial charge in [-0.3, -0.25) is 9.59 Å². The Morgan fingerprint density at radius 2 is 1.90 bits per heavy atom. The van der Waals surface area contributed by atoms with Crippen LogP contribution in [0.3, 0.4) is 0 Å². The average Bonchev–Trinajstić information content (AvgIpc) is 2.44. The molecule has 0 radical (unpaired) electrons. The highest BCUT2D eigenvalue weighted by Crippen LogP contribution is 2.32. The van der Waals surface area contributed by atoms with Crippen LogP contribution >= 0.6 is 0 Å². The predicted octanol–water partition coefficient (Wildman–Crippen LogP) is 1.25. The number of carbonyl (C=O) groups is 2. The fraction of sp³-hybridized carbons (Fsp3) is 0.467. The Labute approximate surface area is 122 Å². The summed E-state index contributed by atoms with van der Waals surface area (Å²) in [5.74, 6) is -0.0629. The number of amides is 1. The second kappa shape index (κ2) is 5.27. The molecule has 2 heterocycles. The van der Waals surface area contributed by atoms with E-state index < -0.39 is 11.9 Å². The van der Waals surface area contributed by atoms with Crippen LogP contribution in [0.2, 0.25) is 0 Å². The van der Waals surface area contributed by atoms with Crippen molar-refractivity contribution in [1.29, 1.82) is 0 Å². The van der Waals surface area contributed by atoms with E-state index in [0.29, 0.717) is 43.4 Å². The van der Waals surface area contributed by atoms with Crippen LogP contribution < -0.4 is 9.47 Å². The van der Waals surface area contributed by atoms with Gasteiger partial charge in [0.25, 0.3) is 5.91 Å². The van der Waals surface area contributed by atoms with Gasteiger partial charge in [0.1, 0.15) is 13.2 Å². The van der Waals surface area contributed by atoms with Gasteiger partial charge in [-0.05, 0) is 18.2 Å². The summed E-state index contributed by atoms with van der Waals surface area (Å²) in [4.78, 5) is 24.9. The number of hydrogen-bond acceptors (Lipinski definition) is 4. The summed E-state index contributed by atoms with van der Waals surface area (Å²) in [5.41, 5.74) is 0.542. The van der Waals surface area contributed by atoms with Crippen molar-refractivity contribution in [2.45, 2.75) is 6.92 Å². The van der Waals surface area contributed by atoms with Crippen molar-refractivity contribution in [2.24, 2.45) is 11.8 Å². The number of fused-ring (bicyclic) bond motifs is 1. The third kappa shape index (κ3) is 2.53. The van der Waals surface area contributed by atoms with E-state index in [1.165, 1.54) is 0 Å². The van der Waals surface area contributed by atoms with E-state index in [0.717, 1.165) is 0 Å². The van der Waals surface area contributed by atoms with E-state index in [1.807, 2.05) is 0 Å². The molecule has 0 saturated carbocycles. The van der Waals surface area contributed by atoms with Crippen molar-refractivity contribution in [3.8, 4) is 11.5 Å². The molecule has 2 aliphatic rings. The van der Waals surface area contributed by atoms with Gasteiger partial charge in [-0.1, -0.05) is 6.92 Å². The zero-order valence-corrected chi connectivity index (χ0v) is 11.7. The third-order valence-corrected chi connectivity index (χ3v) is 4.08. The number of carbonyl (C=O) groups excluding carboxylic acids is 1. The van der Waals surface area contributed by atoms with Crippen molar-refractivity contribution >= 4 is 11.9 Å². The molecule has 3 rings (SSSR count). The first kappa shape index (κ1) is 13.7. The molecular formula is C15H17NO5. The number of nitrogens with zero attached hydrogens (tertiary/aromatic N) is 1. The fourth-order valence-corrected chi connectivity index (χ4v) is 2.56. The van der Waals surface area contributed by atoms with E-state index in [1.54, 1.807) is 30.0 Å². The standard InChI is InChI=1S/C15H17NO5/c1-9(15(18)19)11-7-16(8-11)14(17)10-2-3-12-13(6-10)21-5-4-20-12/h2-3,6,9,11H,4-5,7-8H2,1H3,(H,18,19). The van der Waals surface area contributed by atoms with Crippen LogP contribution in [0.25, 0.3) is 0 Å². The number of rotatable bonds is 3. The minimum absolute atomic E-state index is 0.0312. The molecule has 0 aliphatic carbocycles. The first-order valence-electron chi connectivity index (χ1n) is 6.98. The quantitative estimate of drug-likeness (QED) is 0.907. The third-order valence-electron chi connectivity index (χ3n) is 4.08. The summed E-state index contributed by atoms with van der Waals surface area (Å²) < 4.78 is 10.9. The first-order chi connectivity index (χ1) is 10.1. The predicted molar refractivity (Wildman–Crippen MR) is 73.6 cm³/mol. The summed E-state index contributed by atoms with van der Waals surface area (Å²) in [6.07, 6.45) is 0. The molecule has 1 unspecified atom stereocenters. The SMILES string of the molecule is CC(C(=O)O)C1CN(C(=O)c2ccc3c(c2)OCCO3)C1. The molecule has 0 bridgehead atoms. The van der Waals surface area contributed by atoms with Crippen molar-refractivity contribution in [3.63, 3.8) is 0 Å². The highest BCUT2D eigenvalue weighted by Gasteiger charge is 2.37. The lowest BCUT2D eigenvalue weighted by Crippen LogP contribution is -2.53. The van der Waals surface area contributed by atoms with Gasteiger partial charge in [0.15, 0.2) is 11.5 Å². The van der Waals surface area contributed by atoms with Crippen molar-refractivity contribution in [1.82, 2.24) is 4.90 Å². The molecule has 1 N–H and O–H groups in total. The van der Waals surface area contributed by atoms with Gasteiger partial charge in [-0.15, -0.1) is 0 Å². The molecule has 1 amide bonds. The molecule has 6 heteroatoms. The van der Waals surface area contributed by atoms with E-state index in [2.05, 4.69) is 0 Å². The van der Waals surface area contributed by atoms with Crippen LogP contribution in [0.15, 0.2) is 18.2 Å². The van der Waals surface area contributed by atoms with Crippen molar-refractivity contribution < 1.29 is 24.2 Å². The van der Waals surface area contributed by atoms with E-state index in [9.17, 15) is 9.59 Å². The van der Waals surface area contributed by atoms with Gasteiger partial charge in [-0.2, -0.15) is 0 Å². The van der Waals surface area contributed by atoms with Crippen molar-refractivity contribution in [3.05, 3.63) is 23.8 Å². The van der Waals surface area contributed by atoms with Crippen LogP contribution in [0.5, 0.6) is 11.5 Å². The lowest BCUT2D eigenvalue weighted by atomic mass is 9.86. The minimum Gasteiger partial charge on any atom is -0.486 e. The molecule has 1 fully saturated rings. The average molecular weight is 291 g/mol. The van der Waals surface area contributed by atoms with Gasteiger partial charge >= 0.3 is 5.97 Å². The Morgan fingerprint density at radius 3 is 2.57 bits per heavy atom. The molecule has 2 aliphatic heterocycles. The highest BCUT2D eigenvalue weighted by molar-refractivity contribution is 5.95. The number of benzene rings is 1. The number of carboxylic acid groups (broad SMARTS) is 1. The number of ether oxygens (including phenoxy) is 2. The second-order valence-corrected chi connectivity index (χ2v) is 5.46. The largest absolute Gasteiger partial charge is 0.486 e. The molecule has 1 saturated heterocycles. The molecular weight excluding hydrogens is 274 g/mol. The fourth-order valence-electron chi connectivity index (χ4n) is 2.56. The Kier molecular flexibility index (Phi) is 3.45. The van der Waals surface area contributed by atoms with Gasteiger partial charge in [-0.25, -0.2) is 0 Å². The summed E-state index contributed by atoms with van der Waals surface area (Å²) >= 11 is 0. The van der Waals surface area contributed by atoms with Gasteiger partial charge in [0.2, 0.25) is 0 Å². The Morgan fingerprint density at radius 1 is 1.24 bits per heavy atom. The van der Waals surface area contributed by atoms with Crippen LogP contribution in [0.1, 0.15) is 17.3 Å². The summed E-state index contributed by atoms with van der Waals surface area (Å²) in [6, 6.07) is 5.13. The monoisotopic (exact) mass is 291 g/mol. The lowest BCUT2D eigenvalue weighted by molar-refractivity contribution is -0.144. The Bertz CT molecular complexity index is 579. The summed E-state index contributed by atoms with van der Waals surface area (Å²) in [6.45, 7) is 3.65. The molecule has 112 valence electrons. The Balaban J connectivity index is 1.66. The maximum absolute atomic E-state index is 12.3. The summed E-state index contributed by atoms with van der Waals surface area (Å²) in [7, 11) is 0. The number of likely N-dealkylation sites (tertiary alicyclic amines) is 1. The number of carboxylic acids is 1. The second-order valence-electron chi connectivity index (χ2n) is 5.46. The molecule has 1 atom stereocenters. The lowest BCUT2D eigenvalue weighted by Gasteiger charge is -2.41. The first-order valence-corrected chi connectivity index (χ1v) is 6.98. The zero-order valence-electron chi connectivity index (χ0n) is 11.7. The van der Waals surface area contributed by atoms with Crippen LogP contribution in [0.4, 0.5) is 0 Å². The summed E-state index contributed by atoms with van der Waals surface area (Å²) in [5, 5.41) is 8.96. The van der Waals surface area contributed by atoms with Crippen LogP contribution in [-0.2, 0) is 4.79 Å². The smallest absolute Gasteiger partial charge is 0.306 e. The van der Waals surface area contributed by atoms with Gasteiger partial charge in [0.05, 0.1) is 5.92 Å². The van der Waals surface area contributed by atoms with Crippen LogP contribution in [0, 0.1) is 11.8 Å². The number of aliphatic carboxylic acids is 1. The van der Waals surface area contributed by atoms with Crippen LogP contribution in [-0.4, -0.2) is 48.2 Å². The van der Waals surface area contributed by atoms with Crippen molar-refractivity contribution in [2.75, 3.05) is 26.3 Å². The van der Waals surface area contributed by atoms with E-state index in [4.69, 9.17) is 14.6 Å². The molecule has 6 nitrogen and oxygen atoms in total. The van der Waals surface area contributed by atoms with E-state index in [-0.39, 0.29) is 11.8 Å². The molecule has 1 aromatic carbocycles. The number of hydrogen-bond donors (Lipinski definition) is 1. The zero-order chi connectivity index (χ0) is 15.0. The normalized spacial score (nSPS) is 18.8. The highest BCUT2D eigenvalue weighted by atomic mass is 16.6. The van der Waals surface area contributed by atoms with E-state index >= 15 is 0 Å². The maximum atomic E-state index is 12.3. The Hall–Kier alpha value is -2.24. The minimum atomic E-state index is -0.813. The molecule has 0 spiro atoms. The maximum Gasteiger partial charge on any atom is 0.306 e. The van der Waals surface area contributed by atoms with Gasteiger partial charge in [0, 0.05) is 24.6 Å².